The van der Waals surface area contributed by atoms with Crippen LogP contribution in [0.2, 0.25) is 0 Å². The Morgan fingerprint density at radius 3 is 2.59 bits per heavy atom. The van der Waals surface area contributed by atoms with Crippen LogP contribution in [0.4, 0.5) is 5.69 Å². The van der Waals surface area contributed by atoms with Gasteiger partial charge >= 0.3 is 0 Å². The summed E-state index contributed by atoms with van der Waals surface area (Å²) >= 11 is 0. The van der Waals surface area contributed by atoms with Crippen LogP contribution in [-0.2, 0) is 0 Å². The van der Waals surface area contributed by atoms with E-state index < -0.39 is 0 Å². The molecule has 0 atom stereocenters. The van der Waals surface area contributed by atoms with Crippen molar-refractivity contribution in [2.45, 2.75) is 25.4 Å². The molecule has 3 heteroatoms. The second kappa shape index (κ2) is 6.62. The number of hydrogen-bond donors (Lipinski definition) is 2. The van der Waals surface area contributed by atoms with Gasteiger partial charge in [-0.15, -0.1) is 0 Å². The lowest BCUT2D eigenvalue weighted by molar-refractivity contribution is 0.0825. The first-order valence-corrected chi connectivity index (χ1v) is 6.54. The average molecular weight is 234 g/mol. The fourth-order valence-corrected chi connectivity index (χ4v) is 2.23. The predicted octanol–water partition coefficient (Wildman–Crippen LogP) is 1.95. The van der Waals surface area contributed by atoms with E-state index in [9.17, 15) is 5.11 Å². The molecule has 0 aliphatic carbocycles. The first-order valence-electron chi connectivity index (χ1n) is 6.54. The Hall–Kier alpha value is -1.06. The molecular weight excluding hydrogens is 212 g/mol. The lowest BCUT2D eigenvalue weighted by Gasteiger charge is -2.29. The number of para-hydroxylation sites is 1. The van der Waals surface area contributed by atoms with Gasteiger partial charge in [0.2, 0.25) is 0 Å². The molecule has 0 amide bonds. The molecule has 0 unspecified atom stereocenters. The SMILES string of the molecule is OC1CCN(CCCNc2ccccc2)CC1. The largest absolute Gasteiger partial charge is 0.393 e. The van der Waals surface area contributed by atoms with Gasteiger partial charge in [-0.3, -0.25) is 0 Å². The van der Waals surface area contributed by atoms with Crippen molar-refractivity contribution in [1.29, 1.82) is 0 Å². The Kier molecular flexibility index (Phi) is 4.83. The van der Waals surface area contributed by atoms with E-state index in [1.165, 1.54) is 5.69 Å². The van der Waals surface area contributed by atoms with Crippen molar-refractivity contribution >= 4 is 5.69 Å². The van der Waals surface area contributed by atoms with Gasteiger partial charge in [-0.2, -0.15) is 0 Å². The highest BCUT2D eigenvalue weighted by molar-refractivity contribution is 5.42. The van der Waals surface area contributed by atoms with Crippen LogP contribution >= 0.6 is 0 Å². The second-order valence-corrected chi connectivity index (χ2v) is 4.72. The monoisotopic (exact) mass is 234 g/mol. The molecule has 0 aromatic heterocycles. The average Bonchev–Trinajstić information content (AvgIpc) is 2.38. The summed E-state index contributed by atoms with van der Waals surface area (Å²) in [7, 11) is 0. The van der Waals surface area contributed by atoms with E-state index in [-0.39, 0.29) is 6.10 Å². The predicted molar refractivity (Wildman–Crippen MR) is 71.2 cm³/mol. The van der Waals surface area contributed by atoms with Gasteiger partial charge in [0, 0.05) is 25.3 Å². The van der Waals surface area contributed by atoms with E-state index >= 15 is 0 Å². The molecule has 17 heavy (non-hydrogen) atoms. The van der Waals surface area contributed by atoms with Crippen molar-refractivity contribution in [3.05, 3.63) is 30.3 Å². The number of aliphatic hydroxyl groups is 1. The van der Waals surface area contributed by atoms with Crippen molar-refractivity contribution in [2.75, 3.05) is 31.5 Å². The van der Waals surface area contributed by atoms with Crippen LogP contribution in [0.1, 0.15) is 19.3 Å². The van der Waals surface area contributed by atoms with Crippen LogP contribution in [0.15, 0.2) is 30.3 Å². The van der Waals surface area contributed by atoms with E-state index in [4.69, 9.17) is 0 Å². The van der Waals surface area contributed by atoms with Gasteiger partial charge in [-0.1, -0.05) is 18.2 Å². The Morgan fingerprint density at radius 2 is 1.88 bits per heavy atom. The number of rotatable bonds is 5. The zero-order valence-corrected chi connectivity index (χ0v) is 10.3. The number of hydrogen-bond acceptors (Lipinski definition) is 3. The van der Waals surface area contributed by atoms with E-state index in [1.807, 2.05) is 18.2 Å². The van der Waals surface area contributed by atoms with E-state index in [1.54, 1.807) is 0 Å². The highest BCUT2D eigenvalue weighted by atomic mass is 16.3. The third kappa shape index (κ3) is 4.36. The minimum atomic E-state index is -0.0614. The van der Waals surface area contributed by atoms with Crippen LogP contribution < -0.4 is 5.32 Å². The summed E-state index contributed by atoms with van der Waals surface area (Å²) in [5.74, 6) is 0. The second-order valence-electron chi connectivity index (χ2n) is 4.72. The van der Waals surface area contributed by atoms with Gasteiger partial charge in [0.05, 0.1) is 6.10 Å². The molecule has 0 spiro atoms. The molecule has 2 N–H and O–H groups in total. The van der Waals surface area contributed by atoms with Crippen LogP contribution in [0.3, 0.4) is 0 Å². The molecule has 1 heterocycles. The van der Waals surface area contributed by atoms with Crippen molar-refractivity contribution in [1.82, 2.24) is 4.90 Å². The van der Waals surface area contributed by atoms with E-state index in [2.05, 4.69) is 22.3 Å². The number of aliphatic hydroxyl groups excluding tert-OH is 1. The zero-order valence-electron chi connectivity index (χ0n) is 10.3. The van der Waals surface area contributed by atoms with E-state index in [0.717, 1.165) is 45.4 Å². The van der Waals surface area contributed by atoms with E-state index in [0.29, 0.717) is 0 Å². The number of likely N-dealkylation sites (tertiary alicyclic amines) is 1. The molecule has 2 rings (SSSR count). The van der Waals surface area contributed by atoms with Crippen LogP contribution in [0.25, 0.3) is 0 Å². The van der Waals surface area contributed by atoms with Crippen LogP contribution in [0.5, 0.6) is 0 Å². The molecule has 1 aromatic rings. The summed E-state index contributed by atoms with van der Waals surface area (Å²) in [4.78, 5) is 2.44. The summed E-state index contributed by atoms with van der Waals surface area (Å²) in [5.41, 5.74) is 1.20. The molecule has 0 bridgehead atoms. The highest BCUT2D eigenvalue weighted by Gasteiger charge is 2.15. The maximum atomic E-state index is 9.41. The van der Waals surface area contributed by atoms with Crippen LogP contribution in [0, 0.1) is 0 Å². The molecule has 1 saturated heterocycles. The Labute approximate surface area is 103 Å². The highest BCUT2D eigenvalue weighted by Crippen LogP contribution is 2.10. The summed E-state index contributed by atoms with van der Waals surface area (Å²) in [6, 6.07) is 10.3. The van der Waals surface area contributed by atoms with Crippen molar-refractivity contribution < 1.29 is 5.11 Å². The molecule has 0 radical (unpaired) electrons. The van der Waals surface area contributed by atoms with Gasteiger partial charge in [0.1, 0.15) is 0 Å². The molecule has 0 saturated carbocycles. The summed E-state index contributed by atoms with van der Waals surface area (Å²) in [5, 5.41) is 12.8. The van der Waals surface area contributed by atoms with Gasteiger partial charge < -0.3 is 15.3 Å². The number of benzene rings is 1. The quantitative estimate of drug-likeness (QED) is 0.764. The van der Waals surface area contributed by atoms with Crippen molar-refractivity contribution in [3.8, 4) is 0 Å². The molecule has 1 fully saturated rings. The molecule has 3 nitrogen and oxygen atoms in total. The Balaban J connectivity index is 1.57. The first kappa shape index (κ1) is 12.4. The molecular formula is C14H22N2O. The van der Waals surface area contributed by atoms with Crippen molar-refractivity contribution in [2.24, 2.45) is 0 Å². The minimum Gasteiger partial charge on any atom is -0.393 e. The maximum absolute atomic E-state index is 9.41. The van der Waals surface area contributed by atoms with Gasteiger partial charge in [-0.25, -0.2) is 0 Å². The fraction of sp³-hybridized carbons (Fsp3) is 0.571. The smallest absolute Gasteiger partial charge is 0.0564 e. The third-order valence-corrected chi connectivity index (χ3v) is 3.31. The zero-order chi connectivity index (χ0) is 11.9. The Bertz CT molecular complexity index is 307. The van der Waals surface area contributed by atoms with Gasteiger partial charge in [-0.05, 0) is 37.9 Å². The fourth-order valence-electron chi connectivity index (χ4n) is 2.23. The molecule has 94 valence electrons. The summed E-state index contributed by atoms with van der Waals surface area (Å²) in [6.07, 6.45) is 2.97. The Morgan fingerprint density at radius 1 is 1.18 bits per heavy atom. The number of nitrogens with one attached hydrogen (secondary N) is 1. The number of piperidine rings is 1. The standard InChI is InChI=1S/C14H22N2O/c17-14-7-11-16(12-8-14)10-4-9-15-13-5-2-1-3-6-13/h1-3,5-6,14-15,17H,4,7-12H2. The lowest BCUT2D eigenvalue weighted by atomic mass is 10.1. The van der Waals surface area contributed by atoms with Crippen LogP contribution in [-0.4, -0.2) is 42.3 Å². The van der Waals surface area contributed by atoms with Gasteiger partial charge in [0.15, 0.2) is 0 Å². The molecule has 1 aliphatic rings. The van der Waals surface area contributed by atoms with Crippen molar-refractivity contribution in [3.63, 3.8) is 0 Å². The summed E-state index contributed by atoms with van der Waals surface area (Å²) in [6.45, 7) is 4.24. The normalized spacial score (nSPS) is 18.2. The number of nitrogens with zero attached hydrogens (tertiary/aromatic N) is 1. The topological polar surface area (TPSA) is 35.5 Å². The third-order valence-electron chi connectivity index (χ3n) is 3.31. The maximum Gasteiger partial charge on any atom is 0.0564 e. The lowest BCUT2D eigenvalue weighted by Crippen LogP contribution is -2.36. The molecule has 1 aromatic carbocycles. The molecule has 1 aliphatic heterocycles. The summed E-state index contributed by atoms with van der Waals surface area (Å²) < 4.78 is 0. The number of anilines is 1. The van der Waals surface area contributed by atoms with Gasteiger partial charge in [0.25, 0.3) is 0 Å². The minimum absolute atomic E-state index is 0.0614. The first-order chi connectivity index (χ1) is 8.34.